The summed E-state index contributed by atoms with van der Waals surface area (Å²) < 4.78 is 27.2. The molecule has 1 spiro atoms. The van der Waals surface area contributed by atoms with E-state index in [0.717, 1.165) is 91.0 Å². The summed E-state index contributed by atoms with van der Waals surface area (Å²) in [7, 11) is 0. The van der Waals surface area contributed by atoms with Crippen LogP contribution < -0.4 is 0 Å². The fraction of sp³-hybridized carbons (Fsp3) is 0.955. The number of ether oxygens (including phenoxy) is 5. The highest BCUT2D eigenvalue weighted by Gasteiger charge is 2.40. The molecule has 0 bridgehead atoms. The van der Waals surface area contributed by atoms with Crippen LogP contribution in [0.3, 0.4) is 0 Å². The molecule has 6 heteroatoms. The number of hydrogen-bond acceptors (Lipinski definition) is 6. The average molecular weight is 401 g/mol. The van der Waals surface area contributed by atoms with E-state index in [0.29, 0.717) is 18.0 Å². The van der Waals surface area contributed by atoms with Crippen LogP contribution in [0.25, 0.3) is 0 Å². The van der Waals surface area contributed by atoms with Gasteiger partial charge in [0.25, 0.3) is 0 Å². The Hall–Kier alpha value is -0.530. The third-order valence-electron chi connectivity index (χ3n) is 5.63. The molecule has 0 N–H and O–H groups in total. The van der Waals surface area contributed by atoms with Crippen LogP contribution in [0.1, 0.15) is 78.1 Å². The topological polar surface area (TPSA) is 63.2 Å². The van der Waals surface area contributed by atoms with Crippen LogP contribution in [0.4, 0.5) is 0 Å². The van der Waals surface area contributed by atoms with Crippen LogP contribution >= 0.6 is 0 Å². The Morgan fingerprint density at radius 3 is 1.75 bits per heavy atom. The smallest absolute Gasteiger partial charge is 0.168 e. The van der Waals surface area contributed by atoms with Crippen molar-refractivity contribution >= 4 is 5.78 Å². The summed E-state index contributed by atoms with van der Waals surface area (Å²) in [5, 5.41) is 0. The molecule has 0 aromatic carbocycles. The maximum atomic E-state index is 10.8. The summed E-state index contributed by atoms with van der Waals surface area (Å²) in [5.74, 6) is 0.170. The van der Waals surface area contributed by atoms with E-state index in [2.05, 4.69) is 0 Å². The molecule has 0 unspecified atom stereocenters. The van der Waals surface area contributed by atoms with Gasteiger partial charge in [0.1, 0.15) is 5.78 Å². The van der Waals surface area contributed by atoms with Gasteiger partial charge in [-0.05, 0) is 52.4 Å². The Morgan fingerprint density at radius 2 is 1.32 bits per heavy atom. The van der Waals surface area contributed by atoms with Crippen LogP contribution in [0, 0.1) is 0 Å². The van der Waals surface area contributed by atoms with Gasteiger partial charge in [0.15, 0.2) is 5.79 Å². The molecule has 4 fully saturated rings. The summed E-state index contributed by atoms with van der Waals surface area (Å²) in [6.07, 6.45) is 10.8. The van der Waals surface area contributed by atoms with E-state index in [1.54, 1.807) is 0 Å². The molecule has 164 valence electrons. The van der Waals surface area contributed by atoms with E-state index >= 15 is 0 Å². The largest absolute Gasteiger partial charge is 0.381 e. The van der Waals surface area contributed by atoms with Crippen molar-refractivity contribution in [3.63, 3.8) is 0 Å². The minimum atomic E-state index is -0.229. The van der Waals surface area contributed by atoms with Crippen molar-refractivity contribution in [3.8, 4) is 0 Å². The Labute approximate surface area is 170 Å². The van der Waals surface area contributed by atoms with Crippen molar-refractivity contribution < 1.29 is 28.5 Å². The summed E-state index contributed by atoms with van der Waals surface area (Å²) in [4.78, 5) is 10.8. The molecule has 4 aliphatic rings. The Balaban J connectivity index is 0.000000165. The Bertz CT molecular complexity index is 390. The first-order valence-electron chi connectivity index (χ1n) is 11.3. The predicted octanol–water partition coefficient (Wildman–Crippen LogP) is 4.04. The van der Waals surface area contributed by atoms with E-state index in [1.165, 1.54) is 12.8 Å². The van der Waals surface area contributed by atoms with Gasteiger partial charge in [-0.25, -0.2) is 0 Å². The molecule has 2 aliphatic heterocycles. The molecule has 6 nitrogen and oxygen atoms in total. The average Bonchev–Trinajstić information content (AvgIpc) is 3.43. The van der Waals surface area contributed by atoms with Crippen molar-refractivity contribution in [2.75, 3.05) is 39.6 Å². The lowest BCUT2D eigenvalue weighted by molar-refractivity contribution is -0.191. The standard InChI is InChI=1S/C10H18O3.C8H14O2.C4H8O/c1-2-11-9-3-5-10(6-4-9)12-7-8-13-10;1-2-10-8-5-3-7(9)4-6-8;1-2-4-5-3-1/h9H,2-8H2,1H3;8H,2-6H2,1H3;1-4H2. The highest BCUT2D eigenvalue weighted by Crippen LogP contribution is 2.36. The summed E-state index contributed by atoms with van der Waals surface area (Å²) >= 11 is 0. The molecule has 0 aromatic rings. The molecule has 2 aliphatic carbocycles. The van der Waals surface area contributed by atoms with Crippen molar-refractivity contribution in [1.82, 2.24) is 0 Å². The second-order valence-corrected chi connectivity index (χ2v) is 7.78. The molecule has 2 heterocycles. The first kappa shape index (κ1) is 23.7. The zero-order valence-electron chi connectivity index (χ0n) is 17.9. The number of carbonyl (C=O) groups excluding carboxylic acids is 1. The number of hydrogen-bond donors (Lipinski definition) is 0. The highest BCUT2D eigenvalue weighted by atomic mass is 16.7. The van der Waals surface area contributed by atoms with Gasteiger partial charge in [-0.1, -0.05) is 0 Å². The summed E-state index contributed by atoms with van der Waals surface area (Å²) in [5.41, 5.74) is 0. The lowest BCUT2D eigenvalue weighted by Gasteiger charge is -2.35. The highest BCUT2D eigenvalue weighted by molar-refractivity contribution is 5.79. The van der Waals surface area contributed by atoms with Crippen LogP contribution in [0.2, 0.25) is 0 Å². The van der Waals surface area contributed by atoms with Gasteiger partial charge in [-0.15, -0.1) is 0 Å². The third kappa shape index (κ3) is 8.87. The summed E-state index contributed by atoms with van der Waals surface area (Å²) in [6, 6.07) is 0. The lowest BCUT2D eigenvalue weighted by atomic mass is 9.92. The first-order valence-corrected chi connectivity index (χ1v) is 11.3. The Kier molecular flexibility index (Phi) is 11.6. The molecule has 0 atom stereocenters. The normalized spacial score (nSPS) is 25.1. The molecular formula is C22H40O6. The molecule has 2 saturated heterocycles. The van der Waals surface area contributed by atoms with Gasteiger partial charge in [0.05, 0.1) is 25.4 Å². The van der Waals surface area contributed by atoms with Crippen molar-refractivity contribution in [3.05, 3.63) is 0 Å². The molecule has 0 radical (unpaired) electrons. The van der Waals surface area contributed by atoms with E-state index < -0.39 is 0 Å². The second kappa shape index (κ2) is 13.6. The first-order chi connectivity index (χ1) is 13.7. The quantitative estimate of drug-likeness (QED) is 0.710. The molecule has 0 aromatic heterocycles. The van der Waals surface area contributed by atoms with Gasteiger partial charge < -0.3 is 23.7 Å². The van der Waals surface area contributed by atoms with Gasteiger partial charge in [-0.2, -0.15) is 0 Å². The van der Waals surface area contributed by atoms with Crippen molar-refractivity contribution in [2.24, 2.45) is 0 Å². The van der Waals surface area contributed by atoms with Crippen LogP contribution in [-0.2, 0) is 28.5 Å². The van der Waals surface area contributed by atoms with E-state index in [9.17, 15) is 4.79 Å². The van der Waals surface area contributed by atoms with E-state index in [1.807, 2.05) is 13.8 Å². The predicted molar refractivity (Wildman–Crippen MR) is 107 cm³/mol. The van der Waals surface area contributed by atoms with Crippen molar-refractivity contribution in [1.29, 1.82) is 0 Å². The van der Waals surface area contributed by atoms with Gasteiger partial charge in [-0.3, -0.25) is 4.79 Å². The minimum Gasteiger partial charge on any atom is -0.381 e. The van der Waals surface area contributed by atoms with Crippen LogP contribution in [0.15, 0.2) is 0 Å². The van der Waals surface area contributed by atoms with E-state index in [4.69, 9.17) is 23.7 Å². The monoisotopic (exact) mass is 400 g/mol. The molecule has 28 heavy (non-hydrogen) atoms. The van der Waals surface area contributed by atoms with E-state index in [-0.39, 0.29) is 5.79 Å². The molecule has 2 saturated carbocycles. The van der Waals surface area contributed by atoms with Crippen molar-refractivity contribution in [2.45, 2.75) is 96.1 Å². The molecule has 0 amide bonds. The van der Waals surface area contributed by atoms with Crippen LogP contribution in [-0.4, -0.2) is 63.4 Å². The van der Waals surface area contributed by atoms with Crippen LogP contribution in [0.5, 0.6) is 0 Å². The van der Waals surface area contributed by atoms with Gasteiger partial charge in [0, 0.05) is 52.1 Å². The maximum absolute atomic E-state index is 10.8. The zero-order chi connectivity index (χ0) is 20.1. The number of ketones is 1. The maximum Gasteiger partial charge on any atom is 0.168 e. The lowest BCUT2D eigenvalue weighted by Crippen LogP contribution is -2.37. The fourth-order valence-corrected chi connectivity index (χ4v) is 4.05. The number of carbonyl (C=O) groups is 1. The third-order valence-corrected chi connectivity index (χ3v) is 5.63. The molecular weight excluding hydrogens is 360 g/mol. The minimum absolute atomic E-state index is 0.229. The fourth-order valence-electron chi connectivity index (χ4n) is 4.05. The number of Topliss-reactive ketones (excluding diaryl/α,β-unsaturated/α-hetero) is 1. The number of rotatable bonds is 4. The Morgan fingerprint density at radius 1 is 0.821 bits per heavy atom. The molecule has 4 rings (SSSR count). The zero-order valence-corrected chi connectivity index (χ0v) is 17.9. The summed E-state index contributed by atoms with van der Waals surface area (Å²) in [6.45, 7) is 9.17. The van der Waals surface area contributed by atoms with Gasteiger partial charge in [0.2, 0.25) is 0 Å². The SMILES string of the molecule is C1CCOC1.CCOC1CCC(=O)CC1.CCOC1CCC2(CC1)OCCO2. The van der Waals surface area contributed by atoms with Gasteiger partial charge >= 0.3 is 0 Å². The second-order valence-electron chi connectivity index (χ2n) is 7.78.